The number of anilines is 2. The summed E-state index contributed by atoms with van der Waals surface area (Å²) in [4.78, 5) is 4.30. The van der Waals surface area contributed by atoms with Gasteiger partial charge in [-0.25, -0.2) is 4.39 Å². The maximum absolute atomic E-state index is 13.0. The fraction of sp³-hybridized carbons (Fsp3) is 0.353. The zero-order valence-electron chi connectivity index (χ0n) is 13.3. The van der Waals surface area contributed by atoms with Gasteiger partial charge in [-0.3, -0.25) is 0 Å². The van der Waals surface area contributed by atoms with E-state index in [1.165, 1.54) is 12.1 Å². The number of aromatic nitrogens is 2. The van der Waals surface area contributed by atoms with E-state index in [-0.39, 0.29) is 5.82 Å². The highest BCUT2D eigenvalue weighted by Gasteiger charge is 2.22. The summed E-state index contributed by atoms with van der Waals surface area (Å²) in [6.07, 6.45) is 0. The maximum atomic E-state index is 13.0. The van der Waals surface area contributed by atoms with Crippen molar-refractivity contribution in [2.24, 2.45) is 0 Å². The van der Waals surface area contributed by atoms with Crippen LogP contribution >= 0.6 is 0 Å². The topological polar surface area (TPSA) is 56.1 Å². The minimum absolute atomic E-state index is 0.226. The van der Waals surface area contributed by atoms with E-state index < -0.39 is 0 Å². The number of aryl methyl sites for hydroxylation is 1. The summed E-state index contributed by atoms with van der Waals surface area (Å²) in [7, 11) is 0. The fourth-order valence-electron chi connectivity index (χ4n) is 2.78. The Kier molecular flexibility index (Phi) is 4.11. The van der Waals surface area contributed by atoms with Gasteiger partial charge in [-0.1, -0.05) is 0 Å². The first-order valence-electron chi connectivity index (χ1n) is 7.59. The van der Waals surface area contributed by atoms with Crippen LogP contribution in [0.2, 0.25) is 0 Å². The largest absolute Gasteiger partial charge is 0.368 e. The molecule has 1 aliphatic heterocycles. The average Bonchev–Trinajstić information content (AvgIpc) is 2.58. The third kappa shape index (κ3) is 2.95. The summed E-state index contributed by atoms with van der Waals surface area (Å²) < 4.78 is 13.0. The number of hydrogen-bond acceptors (Lipinski definition) is 5. The van der Waals surface area contributed by atoms with Gasteiger partial charge in [-0.05, 0) is 43.7 Å². The van der Waals surface area contributed by atoms with Crippen LogP contribution in [0.3, 0.4) is 0 Å². The number of piperazine rings is 1. The van der Waals surface area contributed by atoms with Crippen molar-refractivity contribution in [2.45, 2.75) is 13.8 Å². The van der Waals surface area contributed by atoms with Crippen LogP contribution in [0.15, 0.2) is 24.3 Å². The van der Waals surface area contributed by atoms with Gasteiger partial charge < -0.3 is 9.80 Å². The van der Waals surface area contributed by atoms with E-state index in [4.69, 9.17) is 0 Å². The molecule has 3 rings (SSSR count). The van der Waals surface area contributed by atoms with Crippen LogP contribution in [0.5, 0.6) is 0 Å². The Morgan fingerprint density at radius 1 is 1.00 bits per heavy atom. The van der Waals surface area contributed by atoms with E-state index in [0.29, 0.717) is 11.4 Å². The summed E-state index contributed by atoms with van der Waals surface area (Å²) >= 11 is 0. The van der Waals surface area contributed by atoms with E-state index in [2.05, 4.69) is 26.1 Å². The molecule has 0 spiro atoms. The lowest BCUT2D eigenvalue weighted by Crippen LogP contribution is -2.47. The molecule has 23 heavy (non-hydrogen) atoms. The van der Waals surface area contributed by atoms with Crippen molar-refractivity contribution in [1.29, 1.82) is 5.26 Å². The van der Waals surface area contributed by atoms with Crippen LogP contribution in [0.25, 0.3) is 0 Å². The second kappa shape index (κ2) is 6.21. The standard InChI is InChI=1S/C17H18FN5/c1-12-13(2)20-21-17(16(12)11-19)23-9-7-22(8-10-23)15-5-3-14(18)4-6-15/h3-6H,7-10H2,1-2H3. The predicted molar refractivity (Wildman–Crippen MR) is 87.0 cm³/mol. The van der Waals surface area contributed by atoms with Gasteiger partial charge in [0, 0.05) is 31.9 Å². The number of nitrogens with zero attached hydrogens (tertiary/aromatic N) is 5. The van der Waals surface area contributed by atoms with E-state index in [1.807, 2.05) is 13.8 Å². The van der Waals surface area contributed by atoms with Crippen LogP contribution in [0.1, 0.15) is 16.8 Å². The van der Waals surface area contributed by atoms with Gasteiger partial charge in [0.15, 0.2) is 5.82 Å². The lowest BCUT2D eigenvalue weighted by molar-refractivity contribution is 0.623. The minimum Gasteiger partial charge on any atom is -0.368 e. The van der Waals surface area contributed by atoms with Crippen LogP contribution < -0.4 is 9.80 Å². The first kappa shape index (κ1) is 15.2. The third-order valence-electron chi connectivity index (χ3n) is 4.32. The summed E-state index contributed by atoms with van der Waals surface area (Å²) in [6.45, 7) is 6.86. The Morgan fingerprint density at radius 2 is 1.61 bits per heavy atom. The summed E-state index contributed by atoms with van der Waals surface area (Å²) in [5.74, 6) is 0.436. The number of rotatable bonds is 2. The van der Waals surface area contributed by atoms with Crippen molar-refractivity contribution < 1.29 is 4.39 Å². The van der Waals surface area contributed by atoms with Crippen molar-refractivity contribution in [3.63, 3.8) is 0 Å². The Morgan fingerprint density at radius 3 is 2.22 bits per heavy atom. The van der Waals surface area contributed by atoms with Gasteiger partial charge in [0.05, 0.1) is 5.69 Å². The molecule has 5 nitrogen and oxygen atoms in total. The smallest absolute Gasteiger partial charge is 0.169 e. The molecule has 1 aromatic heterocycles. The molecule has 2 aromatic rings. The Hall–Kier alpha value is -2.68. The van der Waals surface area contributed by atoms with Crippen LogP contribution in [0.4, 0.5) is 15.9 Å². The van der Waals surface area contributed by atoms with Crippen LogP contribution in [0, 0.1) is 31.0 Å². The molecule has 1 aliphatic rings. The van der Waals surface area contributed by atoms with Gasteiger partial charge in [0.25, 0.3) is 0 Å². The lowest BCUT2D eigenvalue weighted by Gasteiger charge is -2.37. The van der Waals surface area contributed by atoms with Gasteiger partial charge in [-0.15, -0.1) is 5.10 Å². The number of hydrogen-bond donors (Lipinski definition) is 0. The highest BCUT2D eigenvalue weighted by atomic mass is 19.1. The molecule has 1 saturated heterocycles. The van der Waals surface area contributed by atoms with Crippen LogP contribution in [-0.4, -0.2) is 36.4 Å². The third-order valence-corrected chi connectivity index (χ3v) is 4.32. The quantitative estimate of drug-likeness (QED) is 0.852. The number of halogens is 1. The molecule has 1 fully saturated rings. The van der Waals surface area contributed by atoms with E-state index in [9.17, 15) is 9.65 Å². The first-order valence-corrected chi connectivity index (χ1v) is 7.59. The zero-order valence-corrected chi connectivity index (χ0v) is 13.3. The normalized spacial score (nSPS) is 14.7. The van der Waals surface area contributed by atoms with E-state index in [1.54, 1.807) is 12.1 Å². The SMILES string of the molecule is Cc1nnc(N2CCN(c3ccc(F)cc3)CC2)c(C#N)c1C. The Balaban J connectivity index is 1.76. The summed E-state index contributed by atoms with van der Waals surface area (Å²) in [5, 5.41) is 17.8. The molecule has 118 valence electrons. The molecule has 0 saturated carbocycles. The van der Waals surface area contributed by atoms with Crippen molar-refractivity contribution in [3.05, 3.63) is 46.9 Å². The second-order valence-electron chi connectivity index (χ2n) is 5.67. The molecule has 1 aromatic carbocycles. The number of benzene rings is 1. The van der Waals surface area contributed by atoms with Gasteiger partial charge in [0.2, 0.25) is 0 Å². The number of nitriles is 1. The molecule has 0 aliphatic carbocycles. The fourth-order valence-corrected chi connectivity index (χ4v) is 2.78. The highest BCUT2D eigenvalue weighted by molar-refractivity contribution is 5.58. The minimum atomic E-state index is -0.226. The first-order chi connectivity index (χ1) is 11.1. The molecule has 0 amide bonds. The van der Waals surface area contributed by atoms with Gasteiger partial charge >= 0.3 is 0 Å². The predicted octanol–water partition coefficient (Wildman–Crippen LogP) is 2.43. The maximum Gasteiger partial charge on any atom is 0.169 e. The molecule has 0 N–H and O–H groups in total. The molecule has 0 radical (unpaired) electrons. The van der Waals surface area contributed by atoms with Crippen molar-refractivity contribution >= 4 is 11.5 Å². The zero-order chi connectivity index (χ0) is 16.4. The average molecular weight is 311 g/mol. The molecule has 0 atom stereocenters. The molecule has 0 bridgehead atoms. The molecular weight excluding hydrogens is 293 g/mol. The Bertz CT molecular complexity index is 743. The summed E-state index contributed by atoms with van der Waals surface area (Å²) in [5.41, 5.74) is 3.29. The van der Waals surface area contributed by atoms with Crippen molar-refractivity contribution in [1.82, 2.24) is 10.2 Å². The van der Waals surface area contributed by atoms with E-state index >= 15 is 0 Å². The molecule has 0 unspecified atom stereocenters. The van der Waals surface area contributed by atoms with Gasteiger partial charge in [-0.2, -0.15) is 10.4 Å². The molecule has 6 heteroatoms. The summed E-state index contributed by atoms with van der Waals surface area (Å²) in [6, 6.07) is 8.79. The molecular formula is C17H18FN5. The lowest BCUT2D eigenvalue weighted by atomic mass is 10.1. The van der Waals surface area contributed by atoms with Crippen LogP contribution in [-0.2, 0) is 0 Å². The van der Waals surface area contributed by atoms with Crippen molar-refractivity contribution in [2.75, 3.05) is 36.0 Å². The highest BCUT2D eigenvalue weighted by Crippen LogP contribution is 2.24. The van der Waals surface area contributed by atoms with Gasteiger partial charge in [0.1, 0.15) is 17.4 Å². The van der Waals surface area contributed by atoms with E-state index in [0.717, 1.165) is 43.1 Å². The molecule has 2 heterocycles. The van der Waals surface area contributed by atoms with Crippen molar-refractivity contribution in [3.8, 4) is 6.07 Å². The monoisotopic (exact) mass is 311 g/mol. The second-order valence-corrected chi connectivity index (χ2v) is 5.67. The Labute approximate surface area is 135 Å².